The van der Waals surface area contributed by atoms with Gasteiger partial charge < -0.3 is 10.6 Å². The summed E-state index contributed by atoms with van der Waals surface area (Å²) in [5.41, 5.74) is 6.53. The Kier molecular flexibility index (Phi) is 6.76. The maximum atomic E-state index is 12.7. The molecule has 0 radical (unpaired) electrons. The molecule has 5 heteroatoms. The van der Waals surface area contributed by atoms with Crippen LogP contribution < -0.4 is 5.73 Å². The maximum absolute atomic E-state index is 12.7. The molecule has 0 heterocycles. The fraction of sp³-hybridized carbons (Fsp3) is 0.417. The number of benzene rings is 1. The number of nitrogens with zero attached hydrogens (tertiary/aromatic N) is 1. The second-order valence-corrected chi connectivity index (χ2v) is 3.84. The van der Waals surface area contributed by atoms with Crippen LogP contribution >= 0.6 is 12.4 Å². The van der Waals surface area contributed by atoms with Crippen molar-refractivity contribution < 1.29 is 9.18 Å². The molecule has 1 amide bonds. The first-order valence-corrected chi connectivity index (χ1v) is 5.29. The molecular formula is C12H18ClFN2O. The summed E-state index contributed by atoms with van der Waals surface area (Å²) in [7, 11) is 1.70. The molecular weight excluding hydrogens is 243 g/mol. The van der Waals surface area contributed by atoms with Gasteiger partial charge >= 0.3 is 0 Å². The highest BCUT2D eigenvalue weighted by atomic mass is 35.5. The van der Waals surface area contributed by atoms with E-state index in [0.717, 1.165) is 5.56 Å². The molecule has 0 spiro atoms. The van der Waals surface area contributed by atoms with Crippen LogP contribution in [-0.4, -0.2) is 23.9 Å². The van der Waals surface area contributed by atoms with Gasteiger partial charge in [-0.3, -0.25) is 4.79 Å². The van der Waals surface area contributed by atoms with Crippen LogP contribution in [-0.2, 0) is 11.3 Å². The molecule has 3 nitrogen and oxygen atoms in total. The zero-order chi connectivity index (χ0) is 12.1. The van der Waals surface area contributed by atoms with Gasteiger partial charge in [-0.25, -0.2) is 4.39 Å². The van der Waals surface area contributed by atoms with Crippen molar-refractivity contribution in [1.29, 1.82) is 0 Å². The third-order valence-corrected chi connectivity index (χ3v) is 2.47. The van der Waals surface area contributed by atoms with E-state index in [-0.39, 0.29) is 24.1 Å². The number of likely N-dealkylation sites (N-methyl/N-ethyl adjacent to an activating group) is 1. The van der Waals surface area contributed by atoms with Crippen molar-refractivity contribution >= 4 is 18.3 Å². The fourth-order valence-electron chi connectivity index (χ4n) is 1.40. The van der Waals surface area contributed by atoms with Crippen LogP contribution in [0.3, 0.4) is 0 Å². The quantitative estimate of drug-likeness (QED) is 0.899. The van der Waals surface area contributed by atoms with E-state index in [2.05, 4.69) is 0 Å². The zero-order valence-electron chi connectivity index (χ0n) is 10.0. The van der Waals surface area contributed by atoms with Gasteiger partial charge in [0.2, 0.25) is 5.91 Å². The van der Waals surface area contributed by atoms with Crippen LogP contribution in [0.2, 0.25) is 0 Å². The van der Waals surface area contributed by atoms with E-state index >= 15 is 0 Å². The minimum atomic E-state index is -0.453. The van der Waals surface area contributed by atoms with Gasteiger partial charge in [-0.2, -0.15) is 0 Å². The van der Waals surface area contributed by atoms with Crippen molar-refractivity contribution in [3.8, 4) is 0 Å². The Morgan fingerprint density at radius 1 is 1.41 bits per heavy atom. The molecule has 2 N–H and O–H groups in total. The number of amides is 1. The number of carbonyl (C=O) groups excluding carboxylic acids is 1. The fourth-order valence-corrected chi connectivity index (χ4v) is 1.40. The van der Waals surface area contributed by atoms with Crippen molar-refractivity contribution in [3.05, 3.63) is 35.6 Å². The van der Waals surface area contributed by atoms with E-state index < -0.39 is 6.04 Å². The highest BCUT2D eigenvalue weighted by molar-refractivity contribution is 5.85. The van der Waals surface area contributed by atoms with Crippen LogP contribution in [0.5, 0.6) is 0 Å². The summed E-state index contributed by atoms with van der Waals surface area (Å²) < 4.78 is 12.7. The first-order chi connectivity index (χ1) is 7.54. The summed E-state index contributed by atoms with van der Waals surface area (Å²) in [6.45, 7) is 2.32. The molecule has 0 aliphatic rings. The minimum Gasteiger partial charge on any atom is -0.340 e. The van der Waals surface area contributed by atoms with Crippen molar-refractivity contribution in [1.82, 2.24) is 4.90 Å². The lowest BCUT2D eigenvalue weighted by Crippen LogP contribution is -2.40. The molecule has 1 rings (SSSR count). The third-order valence-electron chi connectivity index (χ3n) is 2.47. The van der Waals surface area contributed by atoms with Crippen LogP contribution in [0, 0.1) is 5.82 Å². The van der Waals surface area contributed by atoms with E-state index in [1.165, 1.54) is 12.1 Å². The summed E-state index contributed by atoms with van der Waals surface area (Å²) in [5, 5.41) is 0. The van der Waals surface area contributed by atoms with E-state index in [4.69, 9.17) is 5.73 Å². The number of carbonyl (C=O) groups is 1. The number of nitrogens with two attached hydrogens (primary N) is 1. The zero-order valence-corrected chi connectivity index (χ0v) is 10.8. The van der Waals surface area contributed by atoms with E-state index in [1.807, 2.05) is 6.92 Å². The average molecular weight is 261 g/mol. The third kappa shape index (κ3) is 4.71. The van der Waals surface area contributed by atoms with Gasteiger partial charge in [-0.05, 0) is 24.1 Å². The monoisotopic (exact) mass is 260 g/mol. The van der Waals surface area contributed by atoms with Gasteiger partial charge in [0.25, 0.3) is 0 Å². The maximum Gasteiger partial charge on any atom is 0.239 e. The second-order valence-electron chi connectivity index (χ2n) is 3.84. The lowest BCUT2D eigenvalue weighted by molar-refractivity contribution is -0.131. The summed E-state index contributed by atoms with van der Waals surface area (Å²) in [6, 6.07) is 5.64. The first kappa shape index (κ1) is 15.9. The topological polar surface area (TPSA) is 46.3 Å². The summed E-state index contributed by atoms with van der Waals surface area (Å²) in [5.74, 6) is -0.366. The molecule has 0 aromatic heterocycles. The molecule has 0 saturated carbocycles. The first-order valence-electron chi connectivity index (χ1n) is 5.29. The molecule has 0 aliphatic heterocycles. The number of rotatable bonds is 4. The normalized spacial score (nSPS) is 11.5. The molecule has 1 aromatic rings. The van der Waals surface area contributed by atoms with Gasteiger partial charge in [-0.1, -0.05) is 19.1 Å². The van der Waals surface area contributed by atoms with E-state index in [1.54, 1.807) is 24.1 Å². The van der Waals surface area contributed by atoms with E-state index in [0.29, 0.717) is 13.0 Å². The Balaban J connectivity index is 0.00000256. The predicted molar refractivity (Wildman–Crippen MR) is 68.4 cm³/mol. The van der Waals surface area contributed by atoms with Crippen molar-refractivity contribution in [2.75, 3.05) is 7.05 Å². The lowest BCUT2D eigenvalue weighted by Gasteiger charge is -2.20. The summed E-state index contributed by atoms with van der Waals surface area (Å²) in [4.78, 5) is 13.2. The van der Waals surface area contributed by atoms with Gasteiger partial charge in [0.1, 0.15) is 5.82 Å². The van der Waals surface area contributed by atoms with Gasteiger partial charge in [0, 0.05) is 13.6 Å². The number of hydrogen-bond donors (Lipinski definition) is 1. The van der Waals surface area contributed by atoms with Crippen LogP contribution in [0.1, 0.15) is 18.9 Å². The minimum absolute atomic E-state index is 0. The van der Waals surface area contributed by atoms with Gasteiger partial charge in [0.15, 0.2) is 0 Å². The largest absolute Gasteiger partial charge is 0.340 e. The van der Waals surface area contributed by atoms with Crippen LogP contribution in [0.25, 0.3) is 0 Å². The van der Waals surface area contributed by atoms with E-state index in [9.17, 15) is 9.18 Å². The smallest absolute Gasteiger partial charge is 0.239 e. The summed E-state index contributed by atoms with van der Waals surface area (Å²) in [6.07, 6.45) is 0.618. The lowest BCUT2D eigenvalue weighted by atomic mass is 10.2. The summed E-state index contributed by atoms with van der Waals surface area (Å²) >= 11 is 0. The Morgan fingerprint density at radius 2 is 1.94 bits per heavy atom. The highest BCUT2D eigenvalue weighted by Crippen LogP contribution is 2.06. The van der Waals surface area contributed by atoms with Gasteiger partial charge in [-0.15, -0.1) is 12.4 Å². The predicted octanol–water partition coefficient (Wildman–Crippen LogP) is 1.94. The molecule has 0 saturated heterocycles. The molecule has 1 aromatic carbocycles. The molecule has 0 unspecified atom stereocenters. The Labute approximate surface area is 107 Å². The van der Waals surface area contributed by atoms with Crippen LogP contribution in [0.15, 0.2) is 24.3 Å². The standard InChI is InChI=1S/C12H17FN2O.ClH/c1-3-11(14)12(16)15(2)8-9-4-6-10(13)7-5-9;/h4-7,11H,3,8,14H2,1-2H3;1H/t11-;/m0./s1. The highest BCUT2D eigenvalue weighted by Gasteiger charge is 2.15. The Hall–Kier alpha value is -1.13. The molecule has 17 heavy (non-hydrogen) atoms. The Bertz CT molecular complexity index is 356. The number of hydrogen-bond acceptors (Lipinski definition) is 2. The SMILES string of the molecule is CC[C@H](N)C(=O)N(C)Cc1ccc(F)cc1.Cl. The number of halogens is 2. The molecule has 96 valence electrons. The molecule has 0 fully saturated rings. The van der Waals surface area contributed by atoms with Crippen molar-refractivity contribution in [2.45, 2.75) is 25.9 Å². The molecule has 0 bridgehead atoms. The molecule has 1 atom stereocenters. The average Bonchev–Trinajstić information content (AvgIpc) is 2.30. The van der Waals surface area contributed by atoms with Crippen molar-refractivity contribution in [3.63, 3.8) is 0 Å². The van der Waals surface area contributed by atoms with Crippen LogP contribution in [0.4, 0.5) is 4.39 Å². The second kappa shape index (κ2) is 7.25. The van der Waals surface area contributed by atoms with Gasteiger partial charge in [0.05, 0.1) is 6.04 Å². The molecule has 0 aliphatic carbocycles. The Morgan fingerprint density at radius 3 is 2.41 bits per heavy atom. The van der Waals surface area contributed by atoms with Crippen molar-refractivity contribution in [2.24, 2.45) is 5.73 Å².